The molecule has 0 saturated carbocycles. The minimum Gasteiger partial charge on any atom is -0.481 e. The first kappa shape index (κ1) is 15.3. The van der Waals surface area contributed by atoms with Crippen molar-refractivity contribution in [1.29, 1.82) is 0 Å². The summed E-state index contributed by atoms with van der Waals surface area (Å²) in [6.07, 6.45) is 0. The van der Waals surface area contributed by atoms with Crippen LogP contribution in [0.4, 0.5) is 11.6 Å². The van der Waals surface area contributed by atoms with Gasteiger partial charge in [0.2, 0.25) is 5.95 Å². The SMILES string of the molecule is Cc1ccccc1Nc1nc(SCC(=O)O)c2ccccc2n1. The highest BCUT2D eigenvalue weighted by Gasteiger charge is 2.10. The van der Waals surface area contributed by atoms with E-state index in [1.54, 1.807) is 0 Å². The third kappa shape index (κ3) is 3.60. The molecule has 0 spiro atoms. The molecule has 1 heterocycles. The molecular weight excluding hydrogens is 310 g/mol. The van der Waals surface area contributed by atoms with Crippen LogP contribution in [-0.4, -0.2) is 26.8 Å². The summed E-state index contributed by atoms with van der Waals surface area (Å²) in [6, 6.07) is 15.5. The molecule has 0 aliphatic carbocycles. The molecule has 0 aliphatic heterocycles. The van der Waals surface area contributed by atoms with E-state index in [9.17, 15) is 4.79 Å². The number of carboxylic acids is 1. The Morgan fingerprint density at radius 3 is 2.65 bits per heavy atom. The van der Waals surface area contributed by atoms with Crippen molar-refractivity contribution in [3.63, 3.8) is 0 Å². The van der Waals surface area contributed by atoms with Crippen molar-refractivity contribution in [2.75, 3.05) is 11.1 Å². The van der Waals surface area contributed by atoms with E-state index in [0.717, 1.165) is 22.2 Å². The number of aryl methyl sites for hydroxylation is 1. The maximum absolute atomic E-state index is 10.8. The van der Waals surface area contributed by atoms with E-state index < -0.39 is 5.97 Å². The Labute approximate surface area is 137 Å². The van der Waals surface area contributed by atoms with Gasteiger partial charge in [-0.2, -0.15) is 0 Å². The molecule has 0 saturated heterocycles. The largest absolute Gasteiger partial charge is 0.481 e. The zero-order chi connectivity index (χ0) is 16.2. The number of hydrogen-bond acceptors (Lipinski definition) is 5. The van der Waals surface area contributed by atoms with Crippen molar-refractivity contribution in [1.82, 2.24) is 9.97 Å². The van der Waals surface area contributed by atoms with Crippen molar-refractivity contribution in [2.45, 2.75) is 11.9 Å². The number of fused-ring (bicyclic) bond motifs is 1. The summed E-state index contributed by atoms with van der Waals surface area (Å²) in [7, 11) is 0. The summed E-state index contributed by atoms with van der Waals surface area (Å²) in [4.78, 5) is 19.9. The molecule has 0 radical (unpaired) electrons. The van der Waals surface area contributed by atoms with Gasteiger partial charge in [0.15, 0.2) is 0 Å². The van der Waals surface area contributed by atoms with Gasteiger partial charge in [0.1, 0.15) is 5.03 Å². The Morgan fingerprint density at radius 2 is 1.87 bits per heavy atom. The van der Waals surface area contributed by atoms with Crippen LogP contribution in [0.15, 0.2) is 53.6 Å². The fourth-order valence-electron chi connectivity index (χ4n) is 2.18. The molecule has 3 aromatic rings. The number of para-hydroxylation sites is 2. The number of anilines is 2. The van der Waals surface area contributed by atoms with Gasteiger partial charge in [-0.3, -0.25) is 4.79 Å². The van der Waals surface area contributed by atoms with Crippen molar-refractivity contribution in [2.24, 2.45) is 0 Å². The Bertz CT molecular complexity index is 867. The number of nitrogens with one attached hydrogen (secondary N) is 1. The van der Waals surface area contributed by atoms with Crippen LogP contribution in [-0.2, 0) is 4.79 Å². The number of thioether (sulfide) groups is 1. The molecule has 0 bridgehead atoms. The van der Waals surface area contributed by atoms with E-state index >= 15 is 0 Å². The van der Waals surface area contributed by atoms with Crippen LogP contribution in [0.2, 0.25) is 0 Å². The number of aliphatic carboxylic acids is 1. The predicted molar refractivity (Wildman–Crippen MR) is 92.4 cm³/mol. The highest BCUT2D eigenvalue weighted by atomic mass is 32.2. The minimum absolute atomic E-state index is 0.0369. The van der Waals surface area contributed by atoms with Crippen LogP contribution in [0.5, 0.6) is 0 Å². The number of carbonyl (C=O) groups is 1. The van der Waals surface area contributed by atoms with Gasteiger partial charge in [0, 0.05) is 11.1 Å². The first-order valence-corrected chi connectivity index (χ1v) is 8.06. The van der Waals surface area contributed by atoms with Crippen LogP contribution in [0, 0.1) is 6.92 Å². The minimum atomic E-state index is -0.869. The molecule has 1 aromatic heterocycles. The van der Waals surface area contributed by atoms with Gasteiger partial charge in [-0.05, 0) is 24.6 Å². The average molecular weight is 325 g/mol. The summed E-state index contributed by atoms with van der Waals surface area (Å²) >= 11 is 1.20. The molecule has 0 fully saturated rings. The number of benzene rings is 2. The second kappa shape index (κ2) is 6.66. The molecule has 0 atom stereocenters. The summed E-state index contributed by atoms with van der Waals surface area (Å²) in [5.74, 6) is -0.442. The molecule has 5 nitrogen and oxygen atoms in total. The second-order valence-corrected chi connectivity index (χ2v) is 5.96. The quantitative estimate of drug-likeness (QED) is 0.548. The van der Waals surface area contributed by atoms with E-state index in [2.05, 4.69) is 15.3 Å². The normalized spacial score (nSPS) is 10.7. The fraction of sp³-hybridized carbons (Fsp3) is 0.118. The maximum atomic E-state index is 10.8. The molecule has 0 aliphatic rings. The van der Waals surface area contributed by atoms with Crippen LogP contribution >= 0.6 is 11.8 Å². The van der Waals surface area contributed by atoms with E-state index in [1.807, 2.05) is 55.5 Å². The molecule has 0 unspecified atom stereocenters. The number of carboxylic acid groups (broad SMARTS) is 1. The van der Waals surface area contributed by atoms with E-state index in [-0.39, 0.29) is 5.75 Å². The summed E-state index contributed by atoms with van der Waals surface area (Å²) < 4.78 is 0. The van der Waals surface area contributed by atoms with Gasteiger partial charge in [0.25, 0.3) is 0 Å². The van der Waals surface area contributed by atoms with Crippen molar-refractivity contribution in [3.05, 3.63) is 54.1 Å². The lowest BCUT2D eigenvalue weighted by Gasteiger charge is -2.11. The van der Waals surface area contributed by atoms with E-state index in [0.29, 0.717) is 11.0 Å². The van der Waals surface area contributed by atoms with Crippen molar-refractivity contribution >= 4 is 40.3 Å². The maximum Gasteiger partial charge on any atom is 0.313 e. The van der Waals surface area contributed by atoms with Crippen LogP contribution in [0.3, 0.4) is 0 Å². The predicted octanol–water partition coefficient (Wildman–Crippen LogP) is 3.86. The summed E-state index contributed by atoms with van der Waals surface area (Å²) in [5, 5.41) is 13.6. The molecule has 23 heavy (non-hydrogen) atoms. The van der Waals surface area contributed by atoms with Gasteiger partial charge in [-0.1, -0.05) is 48.2 Å². The average Bonchev–Trinajstić information content (AvgIpc) is 2.54. The van der Waals surface area contributed by atoms with E-state index in [1.165, 1.54) is 11.8 Å². The smallest absolute Gasteiger partial charge is 0.313 e. The Balaban J connectivity index is 2.00. The van der Waals surface area contributed by atoms with Gasteiger partial charge >= 0.3 is 5.97 Å². The van der Waals surface area contributed by atoms with Crippen LogP contribution in [0.1, 0.15) is 5.56 Å². The molecule has 2 N–H and O–H groups in total. The fourth-order valence-corrected chi connectivity index (χ4v) is 2.92. The third-order valence-electron chi connectivity index (χ3n) is 3.29. The Kier molecular flexibility index (Phi) is 4.43. The van der Waals surface area contributed by atoms with Crippen LogP contribution < -0.4 is 5.32 Å². The number of hydrogen-bond donors (Lipinski definition) is 2. The molecule has 6 heteroatoms. The zero-order valence-corrected chi connectivity index (χ0v) is 13.3. The van der Waals surface area contributed by atoms with Crippen LogP contribution in [0.25, 0.3) is 10.9 Å². The molecular formula is C17H15N3O2S. The monoisotopic (exact) mass is 325 g/mol. The number of aromatic nitrogens is 2. The molecule has 2 aromatic carbocycles. The lowest BCUT2D eigenvalue weighted by molar-refractivity contribution is -0.133. The van der Waals surface area contributed by atoms with E-state index in [4.69, 9.17) is 5.11 Å². The van der Waals surface area contributed by atoms with Crippen molar-refractivity contribution in [3.8, 4) is 0 Å². The van der Waals surface area contributed by atoms with Gasteiger partial charge in [-0.25, -0.2) is 9.97 Å². The third-order valence-corrected chi connectivity index (χ3v) is 4.27. The lowest BCUT2D eigenvalue weighted by atomic mass is 10.2. The zero-order valence-electron chi connectivity index (χ0n) is 12.5. The standard InChI is InChI=1S/C17H15N3O2S/c1-11-6-2-4-8-13(11)18-17-19-14-9-5-3-7-12(14)16(20-17)23-10-15(21)22/h2-9H,10H2,1H3,(H,21,22)(H,18,19,20). The highest BCUT2D eigenvalue weighted by molar-refractivity contribution is 8.00. The summed E-state index contributed by atoms with van der Waals surface area (Å²) in [5.41, 5.74) is 2.80. The number of nitrogens with zero attached hydrogens (tertiary/aromatic N) is 2. The first-order chi connectivity index (χ1) is 11.1. The topological polar surface area (TPSA) is 75.1 Å². The second-order valence-electron chi connectivity index (χ2n) is 4.99. The first-order valence-electron chi connectivity index (χ1n) is 7.07. The lowest BCUT2D eigenvalue weighted by Crippen LogP contribution is -2.02. The molecule has 116 valence electrons. The number of rotatable bonds is 5. The molecule has 3 rings (SSSR count). The van der Waals surface area contributed by atoms with Gasteiger partial charge in [0.05, 0.1) is 11.3 Å². The molecule has 0 amide bonds. The van der Waals surface area contributed by atoms with Gasteiger partial charge < -0.3 is 10.4 Å². The van der Waals surface area contributed by atoms with Gasteiger partial charge in [-0.15, -0.1) is 0 Å². The Morgan fingerprint density at radius 1 is 1.13 bits per heavy atom. The summed E-state index contributed by atoms with van der Waals surface area (Å²) in [6.45, 7) is 2.00. The Hall–Kier alpha value is -2.60. The highest BCUT2D eigenvalue weighted by Crippen LogP contribution is 2.27. The van der Waals surface area contributed by atoms with Crippen molar-refractivity contribution < 1.29 is 9.90 Å².